The van der Waals surface area contributed by atoms with Crippen molar-refractivity contribution in [1.29, 1.82) is 5.26 Å². The van der Waals surface area contributed by atoms with Crippen LogP contribution in [0.4, 0.5) is 5.69 Å². The third-order valence-electron chi connectivity index (χ3n) is 3.62. The number of hydrogen-bond donors (Lipinski definition) is 1. The first kappa shape index (κ1) is 17.0. The van der Waals surface area contributed by atoms with Gasteiger partial charge in [0, 0.05) is 11.8 Å². The van der Waals surface area contributed by atoms with Crippen LogP contribution in [0.5, 0.6) is 11.5 Å². The second-order valence-electron chi connectivity index (χ2n) is 5.39. The lowest BCUT2D eigenvalue weighted by Gasteiger charge is -2.18. The van der Waals surface area contributed by atoms with E-state index in [0.717, 1.165) is 0 Å². The van der Waals surface area contributed by atoms with Crippen LogP contribution in [0.3, 0.4) is 0 Å². The molecule has 1 N–H and O–H groups in total. The highest BCUT2D eigenvalue weighted by molar-refractivity contribution is 6.09. The van der Waals surface area contributed by atoms with Crippen LogP contribution in [0.25, 0.3) is 6.08 Å². The summed E-state index contributed by atoms with van der Waals surface area (Å²) >= 11 is 0. The lowest BCUT2D eigenvalue weighted by Crippen LogP contribution is -2.21. The number of nitrogens with zero attached hydrogens (tertiary/aromatic N) is 1. The molecule has 0 unspecified atom stereocenters. The van der Waals surface area contributed by atoms with Gasteiger partial charge in [0.15, 0.2) is 11.5 Å². The highest BCUT2D eigenvalue weighted by Crippen LogP contribution is 2.32. The molecular formula is C19H13N2O5-. The van der Waals surface area contributed by atoms with Crippen molar-refractivity contribution in [1.82, 2.24) is 0 Å². The van der Waals surface area contributed by atoms with Crippen LogP contribution in [0.15, 0.2) is 48.0 Å². The summed E-state index contributed by atoms with van der Waals surface area (Å²) in [5, 5.41) is 22.6. The first-order valence-corrected chi connectivity index (χ1v) is 7.71. The van der Waals surface area contributed by atoms with Crippen LogP contribution in [-0.4, -0.2) is 25.1 Å². The quantitative estimate of drug-likeness (QED) is 0.659. The van der Waals surface area contributed by atoms with Gasteiger partial charge in [-0.25, -0.2) is 0 Å². The second-order valence-corrected chi connectivity index (χ2v) is 5.39. The molecule has 0 aliphatic carbocycles. The Hall–Kier alpha value is -3.79. The summed E-state index contributed by atoms with van der Waals surface area (Å²) in [6, 6.07) is 12.4. The van der Waals surface area contributed by atoms with E-state index in [4.69, 9.17) is 9.47 Å². The molecule has 2 aromatic carbocycles. The molecule has 1 amide bonds. The average molecular weight is 349 g/mol. The molecule has 7 heteroatoms. The van der Waals surface area contributed by atoms with E-state index in [2.05, 4.69) is 5.32 Å². The highest BCUT2D eigenvalue weighted by Gasteiger charge is 2.14. The molecule has 0 fully saturated rings. The first-order valence-electron chi connectivity index (χ1n) is 7.71. The largest absolute Gasteiger partial charge is 0.545 e. The van der Waals surface area contributed by atoms with E-state index < -0.39 is 11.9 Å². The van der Waals surface area contributed by atoms with Gasteiger partial charge in [0.05, 0.1) is 5.97 Å². The Labute approximate surface area is 149 Å². The predicted molar refractivity (Wildman–Crippen MR) is 90.4 cm³/mol. The molecule has 7 nitrogen and oxygen atoms in total. The molecule has 0 spiro atoms. The van der Waals surface area contributed by atoms with Crippen LogP contribution in [0, 0.1) is 11.3 Å². The molecular weight excluding hydrogens is 336 g/mol. The van der Waals surface area contributed by atoms with Crippen LogP contribution < -0.4 is 19.9 Å². The van der Waals surface area contributed by atoms with E-state index in [0.29, 0.717) is 36.0 Å². The number of nitrogens with one attached hydrogen (secondary N) is 1. The SMILES string of the molecule is N#C/C(=C\c1ccc(C(=O)[O-])cc1)C(=O)Nc1ccc2c(c1)OCCO2. The van der Waals surface area contributed by atoms with Gasteiger partial charge >= 0.3 is 0 Å². The number of anilines is 1. The van der Waals surface area contributed by atoms with Crippen molar-refractivity contribution in [2.24, 2.45) is 0 Å². The molecule has 2 aromatic rings. The number of aromatic carboxylic acids is 1. The van der Waals surface area contributed by atoms with E-state index in [1.807, 2.05) is 6.07 Å². The second kappa shape index (κ2) is 7.40. The predicted octanol–water partition coefficient (Wildman–Crippen LogP) is 1.37. The number of carboxylic acids is 1. The summed E-state index contributed by atoms with van der Waals surface area (Å²) in [6.45, 7) is 0.895. The molecule has 0 aromatic heterocycles. The molecule has 0 bridgehead atoms. The van der Waals surface area contributed by atoms with E-state index >= 15 is 0 Å². The van der Waals surface area contributed by atoms with Crippen LogP contribution >= 0.6 is 0 Å². The maximum absolute atomic E-state index is 12.3. The smallest absolute Gasteiger partial charge is 0.266 e. The Morgan fingerprint density at radius 1 is 1.08 bits per heavy atom. The van der Waals surface area contributed by atoms with Crippen molar-refractivity contribution >= 4 is 23.6 Å². The third kappa shape index (κ3) is 3.82. The van der Waals surface area contributed by atoms with Crippen molar-refractivity contribution in [3.05, 3.63) is 59.2 Å². The first-order chi connectivity index (χ1) is 12.6. The molecule has 0 saturated carbocycles. The number of carboxylic acid groups (broad SMARTS) is 1. The molecule has 130 valence electrons. The van der Waals surface area contributed by atoms with Gasteiger partial charge in [0.1, 0.15) is 24.9 Å². The molecule has 26 heavy (non-hydrogen) atoms. The summed E-state index contributed by atoms with van der Waals surface area (Å²) in [4.78, 5) is 23.1. The van der Waals surface area contributed by atoms with Gasteiger partial charge in [0.2, 0.25) is 0 Å². The Balaban J connectivity index is 1.76. The van der Waals surface area contributed by atoms with Crippen molar-refractivity contribution in [3.63, 3.8) is 0 Å². The number of hydrogen-bond acceptors (Lipinski definition) is 6. The zero-order valence-electron chi connectivity index (χ0n) is 13.5. The van der Waals surface area contributed by atoms with Gasteiger partial charge in [-0.3, -0.25) is 4.79 Å². The third-order valence-corrected chi connectivity index (χ3v) is 3.62. The van der Waals surface area contributed by atoms with E-state index in [-0.39, 0.29) is 11.1 Å². The zero-order chi connectivity index (χ0) is 18.5. The number of carbonyl (C=O) groups is 2. The normalized spacial score (nSPS) is 12.8. The van der Waals surface area contributed by atoms with E-state index in [1.165, 1.54) is 30.3 Å². The summed E-state index contributed by atoms with van der Waals surface area (Å²) < 4.78 is 10.9. The molecule has 1 heterocycles. The topological polar surface area (TPSA) is 111 Å². The minimum atomic E-state index is -1.29. The Bertz CT molecular complexity index is 926. The number of nitriles is 1. The number of benzene rings is 2. The molecule has 3 rings (SSSR count). The van der Waals surface area contributed by atoms with Gasteiger partial charge in [-0.05, 0) is 29.3 Å². The number of rotatable bonds is 4. The summed E-state index contributed by atoms with van der Waals surface area (Å²) in [7, 11) is 0. The number of amides is 1. The van der Waals surface area contributed by atoms with E-state index in [9.17, 15) is 20.0 Å². The Morgan fingerprint density at radius 3 is 2.42 bits per heavy atom. The minimum absolute atomic E-state index is 0.0152. The monoisotopic (exact) mass is 349 g/mol. The molecule has 1 aliphatic rings. The van der Waals surface area contributed by atoms with Crippen LogP contribution in [-0.2, 0) is 4.79 Å². The standard InChI is InChI=1S/C19H14N2O5/c20-11-14(9-12-1-3-13(4-2-12)19(23)24)18(22)21-15-5-6-16-17(10-15)26-8-7-25-16/h1-6,9-10H,7-8H2,(H,21,22)(H,23,24)/p-1/b14-9+. The maximum atomic E-state index is 12.3. The van der Waals surface area contributed by atoms with Gasteiger partial charge in [-0.15, -0.1) is 0 Å². The van der Waals surface area contributed by atoms with Gasteiger partial charge in [0.25, 0.3) is 5.91 Å². The highest BCUT2D eigenvalue weighted by atomic mass is 16.6. The van der Waals surface area contributed by atoms with Crippen molar-refractivity contribution in [2.45, 2.75) is 0 Å². The van der Waals surface area contributed by atoms with Gasteiger partial charge in [-0.1, -0.05) is 24.3 Å². The number of carbonyl (C=O) groups excluding carboxylic acids is 2. The molecule has 0 atom stereocenters. The fraction of sp³-hybridized carbons (Fsp3) is 0.105. The lowest BCUT2D eigenvalue weighted by molar-refractivity contribution is -0.255. The number of fused-ring (bicyclic) bond motifs is 1. The van der Waals surface area contributed by atoms with Gasteiger partial charge < -0.3 is 24.7 Å². The lowest BCUT2D eigenvalue weighted by atomic mass is 10.1. The van der Waals surface area contributed by atoms with Crippen molar-refractivity contribution in [3.8, 4) is 17.6 Å². The Morgan fingerprint density at radius 2 is 1.77 bits per heavy atom. The molecule has 0 radical (unpaired) electrons. The van der Waals surface area contributed by atoms with Gasteiger partial charge in [-0.2, -0.15) is 5.26 Å². The summed E-state index contributed by atoms with van der Waals surface area (Å²) in [5.74, 6) is -0.766. The zero-order valence-corrected chi connectivity index (χ0v) is 13.5. The van der Waals surface area contributed by atoms with E-state index in [1.54, 1.807) is 18.2 Å². The van der Waals surface area contributed by atoms with Crippen LogP contribution in [0.2, 0.25) is 0 Å². The average Bonchev–Trinajstić information content (AvgIpc) is 2.66. The number of ether oxygens (including phenoxy) is 2. The van der Waals surface area contributed by atoms with Crippen molar-refractivity contribution in [2.75, 3.05) is 18.5 Å². The fourth-order valence-corrected chi connectivity index (χ4v) is 2.35. The summed E-state index contributed by atoms with van der Waals surface area (Å²) in [5.41, 5.74) is 0.874. The fourth-order valence-electron chi connectivity index (χ4n) is 2.35. The Kier molecular flexibility index (Phi) is 4.85. The summed E-state index contributed by atoms with van der Waals surface area (Å²) in [6.07, 6.45) is 1.37. The maximum Gasteiger partial charge on any atom is 0.266 e. The molecule has 0 saturated heterocycles. The molecule has 1 aliphatic heterocycles. The van der Waals surface area contributed by atoms with Crippen molar-refractivity contribution < 1.29 is 24.2 Å². The van der Waals surface area contributed by atoms with Crippen LogP contribution in [0.1, 0.15) is 15.9 Å². The minimum Gasteiger partial charge on any atom is -0.545 e.